The zero-order valence-electron chi connectivity index (χ0n) is 9.04. The van der Waals surface area contributed by atoms with Gasteiger partial charge in [-0.3, -0.25) is 9.89 Å². The predicted molar refractivity (Wildman–Crippen MR) is 58.7 cm³/mol. The van der Waals surface area contributed by atoms with Crippen molar-refractivity contribution in [2.24, 2.45) is 0 Å². The van der Waals surface area contributed by atoms with Gasteiger partial charge in [0.05, 0.1) is 5.52 Å². The topological polar surface area (TPSA) is 57.8 Å². The summed E-state index contributed by atoms with van der Waals surface area (Å²) >= 11 is 0. The molecule has 1 aromatic heterocycles. The first-order valence-corrected chi connectivity index (χ1v) is 5.02. The number of carbonyl (C=O) groups excluding carboxylic acids is 1. The number of rotatable bonds is 2. The summed E-state index contributed by atoms with van der Waals surface area (Å²) in [7, 11) is 0. The van der Waals surface area contributed by atoms with Crippen LogP contribution in [0.2, 0.25) is 0 Å². The zero-order chi connectivity index (χ0) is 11.7. The molecule has 0 aliphatic carbocycles. The average Bonchev–Trinajstić information content (AvgIpc) is 2.59. The second kappa shape index (κ2) is 3.92. The first kappa shape index (κ1) is 10.6. The molecule has 0 saturated heterocycles. The highest BCUT2D eigenvalue weighted by molar-refractivity contribution is 6.04. The number of nitrogens with one attached hydrogen (secondary N) is 2. The molecule has 0 aliphatic heterocycles. The minimum atomic E-state index is -0.382. The van der Waals surface area contributed by atoms with Crippen LogP contribution in [0.5, 0.6) is 0 Å². The molecule has 2 N–H and O–H groups in total. The molecule has 0 spiro atoms. The molecule has 0 fully saturated rings. The number of aromatic nitrogens is 2. The summed E-state index contributed by atoms with van der Waals surface area (Å²) in [6.07, 6.45) is 0. The quantitative estimate of drug-likeness (QED) is 0.812. The van der Waals surface area contributed by atoms with Gasteiger partial charge in [0.25, 0.3) is 5.91 Å². The fourth-order valence-electron chi connectivity index (χ4n) is 1.49. The number of hydrogen-bond donors (Lipinski definition) is 2. The van der Waals surface area contributed by atoms with Crippen LogP contribution in [-0.2, 0) is 0 Å². The first-order chi connectivity index (χ1) is 7.58. The van der Waals surface area contributed by atoms with Crippen molar-refractivity contribution in [1.82, 2.24) is 15.5 Å². The van der Waals surface area contributed by atoms with Crippen molar-refractivity contribution in [1.29, 1.82) is 0 Å². The van der Waals surface area contributed by atoms with Gasteiger partial charge in [0.1, 0.15) is 5.82 Å². The fourth-order valence-corrected chi connectivity index (χ4v) is 1.49. The van der Waals surface area contributed by atoms with Crippen LogP contribution in [0.1, 0.15) is 24.3 Å². The third-order valence-electron chi connectivity index (χ3n) is 2.16. The fraction of sp³-hybridized carbons (Fsp3) is 0.273. The number of fused-ring (bicyclic) bond motifs is 1. The van der Waals surface area contributed by atoms with Crippen molar-refractivity contribution >= 4 is 16.8 Å². The molecule has 0 bridgehead atoms. The monoisotopic (exact) mass is 221 g/mol. The Morgan fingerprint density at radius 2 is 2.25 bits per heavy atom. The molecule has 2 aromatic rings. The van der Waals surface area contributed by atoms with Crippen LogP contribution in [0.3, 0.4) is 0 Å². The van der Waals surface area contributed by atoms with Gasteiger partial charge in [0, 0.05) is 11.4 Å². The lowest BCUT2D eigenvalue weighted by Gasteiger charge is -2.05. The summed E-state index contributed by atoms with van der Waals surface area (Å²) in [5, 5.41) is 9.79. The molecule has 5 heteroatoms. The van der Waals surface area contributed by atoms with E-state index in [9.17, 15) is 9.18 Å². The van der Waals surface area contributed by atoms with Gasteiger partial charge in [-0.05, 0) is 32.0 Å². The number of halogens is 1. The van der Waals surface area contributed by atoms with E-state index in [2.05, 4.69) is 15.5 Å². The molecule has 0 unspecified atom stereocenters. The van der Waals surface area contributed by atoms with Crippen molar-refractivity contribution in [3.05, 3.63) is 29.7 Å². The predicted octanol–water partition coefficient (Wildman–Crippen LogP) is 1.84. The van der Waals surface area contributed by atoms with Crippen molar-refractivity contribution in [2.45, 2.75) is 19.9 Å². The van der Waals surface area contributed by atoms with E-state index in [-0.39, 0.29) is 23.5 Å². The molecule has 1 heterocycles. The van der Waals surface area contributed by atoms with Gasteiger partial charge in [-0.25, -0.2) is 4.39 Å². The molecule has 1 amide bonds. The second-order valence-corrected chi connectivity index (χ2v) is 3.89. The average molecular weight is 221 g/mol. The molecular formula is C11H12FN3O. The van der Waals surface area contributed by atoms with Crippen LogP contribution in [0.15, 0.2) is 18.2 Å². The highest BCUT2D eigenvalue weighted by Gasteiger charge is 2.14. The number of nitrogens with zero attached hydrogens (tertiary/aromatic N) is 1. The summed E-state index contributed by atoms with van der Waals surface area (Å²) in [6.45, 7) is 3.71. The molecule has 0 aliphatic rings. The summed E-state index contributed by atoms with van der Waals surface area (Å²) in [5.41, 5.74) is 0.874. The summed E-state index contributed by atoms with van der Waals surface area (Å²) in [6, 6.07) is 4.20. The molecule has 0 atom stereocenters. The lowest BCUT2D eigenvalue weighted by Crippen LogP contribution is -2.30. The first-order valence-electron chi connectivity index (χ1n) is 5.02. The Hall–Kier alpha value is -1.91. The van der Waals surface area contributed by atoms with E-state index in [1.54, 1.807) is 6.07 Å². The third-order valence-corrected chi connectivity index (χ3v) is 2.16. The smallest absolute Gasteiger partial charge is 0.272 e. The van der Waals surface area contributed by atoms with Gasteiger partial charge in [0.15, 0.2) is 5.69 Å². The second-order valence-electron chi connectivity index (χ2n) is 3.89. The molecule has 0 saturated carbocycles. The molecule has 84 valence electrons. The number of amides is 1. The molecule has 0 radical (unpaired) electrons. The number of H-pyrrole nitrogens is 1. The number of aromatic amines is 1. The Kier molecular flexibility index (Phi) is 2.60. The number of carbonyl (C=O) groups is 1. The van der Waals surface area contributed by atoms with E-state index in [0.29, 0.717) is 10.9 Å². The van der Waals surface area contributed by atoms with E-state index in [1.807, 2.05) is 13.8 Å². The van der Waals surface area contributed by atoms with E-state index in [0.717, 1.165) is 0 Å². The van der Waals surface area contributed by atoms with Crippen molar-refractivity contribution in [2.75, 3.05) is 0 Å². The van der Waals surface area contributed by atoms with Crippen molar-refractivity contribution in [3.8, 4) is 0 Å². The standard InChI is InChI=1S/C11H12FN3O/c1-6(2)13-11(16)10-8-5-7(12)3-4-9(8)14-15-10/h3-6H,1-2H3,(H,13,16)(H,14,15). The van der Waals surface area contributed by atoms with E-state index >= 15 is 0 Å². The number of hydrogen-bond acceptors (Lipinski definition) is 2. The highest BCUT2D eigenvalue weighted by Crippen LogP contribution is 2.16. The van der Waals surface area contributed by atoms with Crippen LogP contribution in [0.25, 0.3) is 10.9 Å². The largest absolute Gasteiger partial charge is 0.348 e. The number of benzene rings is 1. The van der Waals surface area contributed by atoms with Crippen LogP contribution >= 0.6 is 0 Å². The lowest BCUT2D eigenvalue weighted by atomic mass is 10.2. The summed E-state index contributed by atoms with van der Waals surface area (Å²) in [4.78, 5) is 11.7. The minimum absolute atomic E-state index is 0.0211. The third kappa shape index (κ3) is 1.88. The van der Waals surface area contributed by atoms with Gasteiger partial charge in [0.2, 0.25) is 0 Å². The minimum Gasteiger partial charge on any atom is -0.348 e. The van der Waals surface area contributed by atoms with Crippen LogP contribution < -0.4 is 5.32 Å². The van der Waals surface area contributed by atoms with Gasteiger partial charge >= 0.3 is 0 Å². The van der Waals surface area contributed by atoms with Gasteiger partial charge < -0.3 is 5.32 Å². The zero-order valence-corrected chi connectivity index (χ0v) is 9.04. The Morgan fingerprint density at radius 3 is 2.94 bits per heavy atom. The molecular weight excluding hydrogens is 209 g/mol. The van der Waals surface area contributed by atoms with Crippen LogP contribution in [-0.4, -0.2) is 22.1 Å². The van der Waals surface area contributed by atoms with E-state index in [1.165, 1.54) is 12.1 Å². The maximum Gasteiger partial charge on any atom is 0.272 e. The summed E-state index contributed by atoms with van der Waals surface area (Å²) in [5.74, 6) is -0.681. The van der Waals surface area contributed by atoms with Gasteiger partial charge in [-0.15, -0.1) is 0 Å². The molecule has 1 aromatic carbocycles. The Morgan fingerprint density at radius 1 is 1.50 bits per heavy atom. The Balaban J connectivity index is 2.44. The Labute approximate surface area is 91.8 Å². The molecule has 2 rings (SSSR count). The van der Waals surface area contributed by atoms with Crippen molar-refractivity contribution < 1.29 is 9.18 Å². The van der Waals surface area contributed by atoms with Crippen LogP contribution in [0, 0.1) is 5.82 Å². The maximum atomic E-state index is 13.0. The van der Waals surface area contributed by atoms with Crippen molar-refractivity contribution in [3.63, 3.8) is 0 Å². The van der Waals surface area contributed by atoms with Crippen LogP contribution in [0.4, 0.5) is 4.39 Å². The SMILES string of the molecule is CC(C)NC(=O)c1n[nH]c2ccc(F)cc12. The van der Waals surface area contributed by atoms with E-state index < -0.39 is 0 Å². The summed E-state index contributed by atoms with van der Waals surface area (Å²) < 4.78 is 13.0. The molecule has 16 heavy (non-hydrogen) atoms. The molecule has 4 nitrogen and oxygen atoms in total. The maximum absolute atomic E-state index is 13.0. The lowest BCUT2D eigenvalue weighted by molar-refractivity contribution is 0.0939. The highest BCUT2D eigenvalue weighted by atomic mass is 19.1. The van der Waals surface area contributed by atoms with Gasteiger partial charge in [-0.1, -0.05) is 0 Å². The van der Waals surface area contributed by atoms with E-state index in [4.69, 9.17) is 0 Å². The normalized spacial score (nSPS) is 11.0. The van der Waals surface area contributed by atoms with Gasteiger partial charge in [-0.2, -0.15) is 5.10 Å². The Bertz CT molecular complexity index is 533.